The molecule has 2 amide bonds. The van der Waals surface area contributed by atoms with Gasteiger partial charge in [0.05, 0.1) is 33.2 Å². The van der Waals surface area contributed by atoms with Gasteiger partial charge in [-0.3, -0.25) is 19.3 Å². The molecule has 10 heteroatoms. The zero-order valence-electron chi connectivity index (χ0n) is 41.2. The summed E-state index contributed by atoms with van der Waals surface area (Å²) in [7, 11) is 10.1. The minimum absolute atomic E-state index is 0.130. The minimum Gasteiger partial charge on any atom is -0.501 e. The standard InChI is InChI=1S/C13H16O.C13H22P2.C7H9NO2.C7H12O2.C6H12O.C5H10O/c1-9(2)11(4)13(14)12-7-5-10(3)6-8-12;1-11-10-12(4-2-8-14)6-7-13(11)5-3-9-15;1-4-5(2)7(10)8(3)6(4)9;1-5(2)6(3)7(8)9-4;1-5(2)6(3)7-4;1-5(2)3-6-4-5/h5-8H,1-4H3;6-7,10H,2-5,8-9,14-15H2,1H3;1-3H3;1-4H3;1-4H3;3-4H2,1-2H3. The Kier molecular flexibility index (Phi) is 30.4. The molecule has 2 aliphatic rings. The molecule has 2 unspecified atom stereocenters. The van der Waals surface area contributed by atoms with Crippen molar-refractivity contribution in [3.05, 3.63) is 115 Å². The van der Waals surface area contributed by atoms with E-state index in [2.05, 4.69) is 62.2 Å². The highest BCUT2D eigenvalue weighted by molar-refractivity contribution is 7.16. The van der Waals surface area contributed by atoms with Crippen LogP contribution in [0.25, 0.3) is 0 Å². The SMILES string of the molecule is CC(C)=C(C)C(=O)c1ccc(C)cc1.CC1(C)COC1.CC1=C(C)C(=O)N(C)C1=O.COC(=O)C(C)=C(C)C.COC(C)=C(C)C.Cc1cc(CCCP)ccc1CCCP. The molecule has 2 aromatic rings. The molecule has 2 aromatic carbocycles. The lowest BCUT2D eigenvalue weighted by atomic mass is 9.92. The second-order valence-electron chi connectivity index (χ2n) is 16.8. The highest BCUT2D eigenvalue weighted by Gasteiger charge is 2.29. The molecular weight excluding hydrogens is 801 g/mol. The number of ketones is 1. The van der Waals surface area contributed by atoms with Crippen LogP contribution in [0.4, 0.5) is 0 Å². The van der Waals surface area contributed by atoms with Crippen molar-refractivity contribution in [2.45, 2.75) is 130 Å². The van der Waals surface area contributed by atoms with Crippen molar-refractivity contribution in [1.29, 1.82) is 0 Å². The van der Waals surface area contributed by atoms with Gasteiger partial charge in [-0.1, -0.05) is 73.0 Å². The van der Waals surface area contributed by atoms with Gasteiger partial charge in [0.25, 0.3) is 11.8 Å². The summed E-state index contributed by atoms with van der Waals surface area (Å²) in [6.07, 6.45) is 7.39. The largest absolute Gasteiger partial charge is 0.501 e. The second-order valence-corrected chi connectivity index (χ2v) is 18.0. The van der Waals surface area contributed by atoms with Crippen LogP contribution >= 0.6 is 18.5 Å². The Hall–Kier alpha value is -3.70. The minimum atomic E-state index is -0.241. The summed E-state index contributed by atoms with van der Waals surface area (Å²) in [6.45, 7) is 31.2. The Morgan fingerprint density at radius 2 is 1.15 bits per heavy atom. The Labute approximate surface area is 375 Å². The van der Waals surface area contributed by atoms with E-state index in [1.54, 1.807) is 27.9 Å². The third-order valence-electron chi connectivity index (χ3n) is 10.2. The fourth-order valence-corrected chi connectivity index (χ4v) is 5.34. The van der Waals surface area contributed by atoms with Gasteiger partial charge in [-0.15, -0.1) is 18.5 Å². The lowest BCUT2D eigenvalue weighted by Crippen LogP contribution is -2.36. The van der Waals surface area contributed by atoms with Crippen molar-refractivity contribution in [1.82, 2.24) is 4.90 Å². The predicted octanol–water partition coefficient (Wildman–Crippen LogP) is 12.0. The van der Waals surface area contributed by atoms with E-state index in [0.717, 1.165) is 46.2 Å². The number of likely N-dealkylation sites (N-methyl/N-ethyl adjacent to an activating group) is 1. The highest BCUT2D eigenvalue weighted by Crippen LogP contribution is 2.24. The van der Waals surface area contributed by atoms with E-state index in [0.29, 0.717) is 22.1 Å². The van der Waals surface area contributed by atoms with Crippen LogP contribution in [0.5, 0.6) is 0 Å². The topological polar surface area (TPSA) is 99.2 Å². The molecule has 0 N–H and O–H groups in total. The molecule has 2 heterocycles. The van der Waals surface area contributed by atoms with Crippen LogP contribution < -0.4 is 0 Å². The quantitative estimate of drug-likeness (QED) is 0.0585. The Bertz CT molecular complexity index is 1810. The van der Waals surface area contributed by atoms with E-state index in [9.17, 15) is 19.2 Å². The zero-order chi connectivity index (χ0) is 47.6. The van der Waals surface area contributed by atoms with Gasteiger partial charge in [0.15, 0.2) is 5.78 Å². The summed E-state index contributed by atoms with van der Waals surface area (Å²) in [6, 6.07) is 14.7. The van der Waals surface area contributed by atoms with Gasteiger partial charge >= 0.3 is 5.97 Å². The number of rotatable bonds is 10. The van der Waals surface area contributed by atoms with Crippen LogP contribution in [0.3, 0.4) is 0 Å². The van der Waals surface area contributed by atoms with Crippen LogP contribution in [0.1, 0.15) is 135 Å². The third-order valence-corrected chi connectivity index (χ3v) is 11.0. The number of Topliss-reactive ketones (excluding diaryl/α,β-unsaturated/α-hetero) is 1. The molecule has 0 spiro atoms. The predicted molar refractivity (Wildman–Crippen MR) is 264 cm³/mol. The van der Waals surface area contributed by atoms with E-state index in [1.165, 1.54) is 80.0 Å². The maximum Gasteiger partial charge on any atom is 0.333 e. The van der Waals surface area contributed by atoms with E-state index >= 15 is 0 Å². The molecule has 8 nitrogen and oxygen atoms in total. The molecule has 0 saturated carbocycles. The molecule has 4 rings (SSSR count). The number of imide groups is 1. The number of carbonyl (C=O) groups is 4. The number of amides is 2. The van der Waals surface area contributed by atoms with Crippen molar-refractivity contribution in [3.63, 3.8) is 0 Å². The van der Waals surface area contributed by atoms with Gasteiger partial charge in [0, 0.05) is 34.7 Å². The Morgan fingerprint density at radius 1 is 0.689 bits per heavy atom. The number of benzene rings is 2. The smallest absolute Gasteiger partial charge is 0.333 e. The summed E-state index contributed by atoms with van der Waals surface area (Å²) in [5, 5.41) is 0. The molecule has 1 saturated heterocycles. The van der Waals surface area contributed by atoms with Gasteiger partial charge in [0.1, 0.15) is 0 Å². The average Bonchev–Trinajstić information content (AvgIpc) is 3.38. The normalized spacial score (nSPS) is 13.0. The number of hydrogen-bond acceptors (Lipinski definition) is 7. The van der Waals surface area contributed by atoms with Gasteiger partial charge < -0.3 is 14.2 Å². The number of nitrogens with zero attached hydrogens (tertiary/aromatic N) is 1. The lowest BCUT2D eigenvalue weighted by molar-refractivity contribution is -0.137. The first kappa shape index (κ1) is 59.4. The average molecular weight is 882 g/mol. The van der Waals surface area contributed by atoms with Crippen LogP contribution in [0.2, 0.25) is 0 Å². The fourth-order valence-electron chi connectivity index (χ4n) is 4.93. The lowest BCUT2D eigenvalue weighted by Gasteiger charge is -2.33. The van der Waals surface area contributed by atoms with Crippen molar-refractivity contribution < 1.29 is 33.4 Å². The first-order chi connectivity index (χ1) is 28.3. The summed E-state index contributed by atoms with van der Waals surface area (Å²) >= 11 is 0. The van der Waals surface area contributed by atoms with E-state index in [1.807, 2.05) is 86.6 Å². The molecule has 2 atom stereocenters. The Balaban J connectivity index is 0. The van der Waals surface area contributed by atoms with Gasteiger partial charge in [-0.05, 0) is 156 Å². The number of esters is 1. The van der Waals surface area contributed by atoms with Crippen molar-refractivity contribution in [2.75, 3.05) is 46.8 Å². The van der Waals surface area contributed by atoms with Gasteiger partial charge in [-0.2, -0.15) is 0 Å². The summed E-state index contributed by atoms with van der Waals surface area (Å²) in [5.41, 5.74) is 12.9. The summed E-state index contributed by atoms with van der Waals surface area (Å²) in [4.78, 5) is 45.6. The molecule has 61 heavy (non-hydrogen) atoms. The molecule has 0 radical (unpaired) electrons. The molecule has 1 fully saturated rings. The van der Waals surface area contributed by atoms with Crippen LogP contribution in [0, 0.1) is 19.3 Å². The third kappa shape index (κ3) is 23.9. The number of aryl methyl sites for hydroxylation is 4. The van der Waals surface area contributed by atoms with Crippen molar-refractivity contribution in [2.24, 2.45) is 5.41 Å². The van der Waals surface area contributed by atoms with Crippen LogP contribution in [-0.4, -0.2) is 75.3 Å². The summed E-state index contributed by atoms with van der Waals surface area (Å²) < 4.78 is 14.3. The number of hydrogen-bond donors (Lipinski definition) is 0. The number of methoxy groups -OCH3 is 2. The first-order valence-corrected chi connectivity index (χ1v) is 22.7. The molecule has 342 valence electrons. The zero-order valence-corrected chi connectivity index (χ0v) is 43.5. The van der Waals surface area contributed by atoms with E-state index in [4.69, 9.17) is 9.47 Å². The number of allylic oxidation sites excluding steroid dienone is 5. The fraction of sp³-hybridized carbons (Fsp3) is 0.529. The van der Waals surface area contributed by atoms with E-state index in [-0.39, 0.29) is 23.6 Å². The molecular formula is C51H81NO7P2. The van der Waals surface area contributed by atoms with Gasteiger partial charge in [-0.25, -0.2) is 4.79 Å². The Morgan fingerprint density at radius 3 is 1.43 bits per heavy atom. The second kappa shape index (κ2) is 31.2. The summed E-state index contributed by atoms with van der Waals surface area (Å²) in [5.74, 6) is 0.546. The van der Waals surface area contributed by atoms with Crippen molar-refractivity contribution >= 4 is 42.0 Å². The number of ether oxygens (including phenoxy) is 3. The number of carbonyl (C=O) groups excluding carboxylic acids is 4. The molecule has 2 aliphatic heterocycles. The monoisotopic (exact) mass is 882 g/mol. The maximum absolute atomic E-state index is 11.8. The molecule has 0 aromatic heterocycles. The van der Waals surface area contributed by atoms with Crippen LogP contribution in [0.15, 0.2) is 87.2 Å². The van der Waals surface area contributed by atoms with Crippen molar-refractivity contribution in [3.8, 4) is 0 Å². The van der Waals surface area contributed by atoms with Crippen LogP contribution in [-0.2, 0) is 41.4 Å². The molecule has 0 aliphatic carbocycles. The van der Waals surface area contributed by atoms with Gasteiger partial charge in [0.2, 0.25) is 0 Å². The first-order valence-electron chi connectivity index (χ1n) is 21.1. The maximum atomic E-state index is 11.8. The van der Waals surface area contributed by atoms with E-state index < -0.39 is 0 Å². The highest BCUT2D eigenvalue weighted by atomic mass is 31.0. The molecule has 0 bridgehead atoms.